The molecule has 3 heterocycles. The van der Waals surface area contributed by atoms with Crippen LogP contribution in [0.1, 0.15) is 55.6 Å². The third kappa shape index (κ3) is 3.08. The average Bonchev–Trinajstić information content (AvgIpc) is 2.96. The van der Waals surface area contributed by atoms with Gasteiger partial charge in [-0.25, -0.2) is 4.98 Å². The summed E-state index contributed by atoms with van der Waals surface area (Å²) < 4.78 is 14.0. The minimum absolute atomic E-state index is 0.0154. The fourth-order valence-electron chi connectivity index (χ4n) is 3.53. The minimum Gasteiger partial charge on any atom is -0.464 e. The van der Waals surface area contributed by atoms with Crippen LogP contribution in [-0.2, 0) is 18.3 Å². The maximum Gasteiger partial charge on any atom is 0.139 e. The third-order valence-electron chi connectivity index (χ3n) is 5.13. The van der Waals surface area contributed by atoms with Gasteiger partial charge in [0.2, 0.25) is 0 Å². The van der Waals surface area contributed by atoms with Gasteiger partial charge in [0, 0.05) is 38.0 Å². The van der Waals surface area contributed by atoms with Gasteiger partial charge in [-0.15, -0.1) is 0 Å². The van der Waals surface area contributed by atoms with Crippen molar-refractivity contribution in [1.82, 2.24) is 14.9 Å². The first-order chi connectivity index (χ1) is 11.2. The van der Waals surface area contributed by atoms with Gasteiger partial charge in [-0.2, -0.15) is 0 Å². The summed E-state index contributed by atoms with van der Waals surface area (Å²) in [5, 5.41) is 3.62. The molecule has 1 saturated carbocycles. The van der Waals surface area contributed by atoms with Gasteiger partial charge in [-0.3, -0.25) is 0 Å². The molecule has 0 bridgehead atoms. The summed E-state index contributed by atoms with van der Waals surface area (Å²) in [6, 6.07) is 4.52. The Morgan fingerprint density at radius 2 is 2.26 bits per heavy atom. The van der Waals surface area contributed by atoms with Crippen molar-refractivity contribution in [2.45, 2.75) is 50.8 Å². The second kappa shape index (κ2) is 6.13. The lowest BCUT2D eigenvalue weighted by molar-refractivity contribution is -0.0182. The predicted octanol–water partition coefficient (Wildman–Crippen LogP) is 3.15. The number of hydrogen-bond donors (Lipinski definition) is 1. The van der Waals surface area contributed by atoms with Crippen LogP contribution in [0.5, 0.6) is 0 Å². The number of hydrogen-bond acceptors (Lipinski definition) is 4. The zero-order valence-electron chi connectivity index (χ0n) is 13.9. The van der Waals surface area contributed by atoms with Crippen LogP contribution in [0.2, 0.25) is 0 Å². The second-order valence-corrected chi connectivity index (χ2v) is 6.94. The highest BCUT2D eigenvalue weighted by Gasteiger charge is 2.36. The standard InChI is InChI=1S/C18H25N3O2/c1-12-10-14(12)16-6-5-13(23-16)11-20-15-4-3-9-22-17(15)18-19-7-8-21(18)2/h5-8,12,14-15,17,20H,3-4,9-11H2,1-2H3/t12-,14-,15-,17-/m0/s1. The molecule has 1 N–H and O–H groups in total. The maximum atomic E-state index is 6.00. The van der Waals surface area contributed by atoms with Crippen LogP contribution in [0.3, 0.4) is 0 Å². The molecule has 1 saturated heterocycles. The van der Waals surface area contributed by atoms with Crippen molar-refractivity contribution in [1.29, 1.82) is 0 Å². The average molecular weight is 315 g/mol. The minimum atomic E-state index is 0.0154. The molecule has 2 fully saturated rings. The molecule has 124 valence electrons. The highest BCUT2D eigenvalue weighted by atomic mass is 16.5. The molecule has 0 spiro atoms. The van der Waals surface area contributed by atoms with Gasteiger partial charge in [0.05, 0.1) is 6.54 Å². The van der Waals surface area contributed by atoms with Crippen molar-refractivity contribution in [3.8, 4) is 0 Å². The van der Waals surface area contributed by atoms with Crippen LogP contribution in [0.25, 0.3) is 0 Å². The lowest BCUT2D eigenvalue weighted by Crippen LogP contribution is -2.40. The Bertz CT molecular complexity index is 663. The molecule has 4 rings (SSSR count). The molecule has 0 radical (unpaired) electrons. The van der Waals surface area contributed by atoms with Crippen molar-refractivity contribution in [2.75, 3.05) is 6.61 Å². The van der Waals surface area contributed by atoms with E-state index in [2.05, 4.69) is 29.4 Å². The Hall–Kier alpha value is -1.59. The van der Waals surface area contributed by atoms with Crippen LogP contribution in [-0.4, -0.2) is 22.2 Å². The van der Waals surface area contributed by atoms with Crippen LogP contribution in [0, 0.1) is 5.92 Å². The van der Waals surface area contributed by atoms with Gasteiger partial charge in [0.25, 0.3) is 0 Å². The van der Waals surface area contributed by atoms with Crippen molar-refractivity contribution in [3.05, 3.63) is 41.9 Å². The molecule has 0 aromatic carbocycles. The molecule has 5 nitrogen and oxygen atoms in total. The number of imidazole rings is 1. The molecule has 0 amide bonds. The largest absolute Gasteiger partial charge is 0.464 e. The summed E-state index contributed by atoms with van der Waals surface area (Å²) in [5.74, 6) is 4.58. The molecule has 1 aliphatic carbocycles. The van der Waals surface area contributed by atoms with Crippen LogP contribution in [0.15, 0.2) is 28.9 Å². The number of rotatable bonds is 5. The Morgan fingerprint density at radius 3 is 3.00 bits per heavy atom. The van der Waals surface area contributed by atoms with E-state index < -0.39 is 0 Å². The predicted molar refractivity (Wildman–Crippen MR) is 87.0 cm³/mol. The monoisotopic (exact) mass is 315 g/mol. The second-order valence-electron chi connectivity index (χ2n) is 6.94. The molecular weight excluding hydrogens is 290 g/mol. The van der Waals surface area contributed by atoms with E-state index in [9.17, 15) is 0 Å². The van der Waals surface area contributed by atoms with Crippen LogP contribution >= 0.6 is 0 Å². The molecule has 1 aliphatic heterocycles. The Morgan fingerprint density at radius 1 is 1.39 bits per heavy atom. The van der Waals surface area contributed by atoms with Gasteiger partial charge in [-0.1, -0.05) is 6.92 Å². The van der Waals surface area contributed by atoms with Gasteiger partial charge < -0.3 is 19.0 Å². The van der Waals surface area contributed by atoms with E-state index in [0.717, 1.165) is 49.3 Å². The lowest BCUT2D eigenvalue weighted by Gasteiger charge is -2.31. The molecule has 2 aromatic heterocycles. The zero-order valence-corrected chi connectivity index (χ0v) is 13.9. The first-order valence-electron chi connectivity index (χ1n) is 8.63. The highest BCUT2D eigenvalue weighted by molar-refractivity contribution is 5.17. The van der Waals surface area contributed by atoms with E-state index in [-0.39, 0.29) is 12.1 Å². The van der Waals surface area contributed by atoms with Crippen molar-refractivity contribution < 1.29 is 9.15 Å². The van der Waals surface area contributed by atoms with Crippen molar-refractivity contribution in [3.63, 3.8) is 0 Å². The van der Waals surface area contributed by atoms with Gasteiger partial charge in [-0.05, 0) is 37.3 Å². The molecule has 23 heavy (non-hydrogen) atoms. The topological polar surface area (TPSA) is 52.2 Å². The van der Waals surface area contributed by atoms with Gasteiger partial charge in [0.1, 0.15) is 23.4 Å². The lowest BCUT2D eigenvalue weighted by atomic mass is 10.0. The smallest absolute Gasteiger partial charge is 0.139 e. The Labute approximate surface area is 137 Å². The Kier molecular flexibility index (Phi) is 3.99. The van der Waals surface area contributed by atoms with E-state index in [1.165, 1.54) is 6.42 Å². The number of nitrogens with zero attached hydrogens (tertiary/aromatic N) is 2. The fraction of sp³-hybridized carbons (Fsp3) is 0.611. The van der Waals surface area contributed by atoms with E-state index in [1.807, 2.05) is 24.0 Å². The zero-order chi connectivity index (χ0) is 15.8. The van der Waals surface area contributed by atoms with Crippen LogP contribution < -0.4 is 5.32 Å². The summed E-state index contributed by atoms with van der Waals surface area (Å²) in [6.45, 7) is 3.83. The summed E-state index contributed by atoms with van der Waals surface area (Å²) >= 11 is 0. The summed E-state index contributed by atoms with van der Waals surface area (Å²) in [7, 11) is 2.02. The molecule has 0 unspecified atom stereocenters. The third-order valence-corrected chi connectivity index (χ3v) is 5.13. The number of ether oxygens (including phenoxy) is 1. The molecular formula is C18H25N3O2. The molecule has 5 heteroatoms. The SMILES string of the molecule is C[C@H]1C[C@@H]1c1ccc(CN[C@H]2CCCO[C@@H]2c2nccn2C)o1. The van der Waals surface area contributed by atoms with Gasteiger partial charge >= 0.3 is 0 Å². The molecule has 2 aromatic rings. The van der Waals surface area contributed by atoms with E-state index in [4.69, 9.17) is 9.15 Å². The number of nitrogens with one attached hydrogen (secondary N) is 1. The number of aryl methyl sites for hydroxylation is 1. The first kappa shape index (κ1) is 15.0. The quantitative estimate of drug-likeness (QED) is 0.921. The number of aromatic nitrogens is 2. The maximum absolute atomic E-state index is 6.00. The van der Waals surface area contributed by atoms with Crippen molar-refractivity contribution >= 4 is 0 Å². The molecule has 2 aliphatic rings. The van der Waals surface area contributed by atoms with Crippen molar-refractivity contribution in [2.24, 2.45) is 13.0 Å². The van der Waals surface area contributed by atoms with E-state index in [0.29, 0.717) is 5.92 Å². The highest BCUT2D eigenvalue weighted by Crippen LogP contribution is 2.47. The normalized spacial score (nSPS) is 30.5. The molecule has 4 atom stereocenters. The summed E-state index contributed by atoms with van der Waals surface area (Å²) in [4.78, 5) is 4.46. The van der Waals surface area contributed by atoms with E-state index in [1.54, 1.807) is 0 Å². The van der Waals surface area contributed by atoms with E-state index >= 15 is 0 Å². The van der Waals surface area contributed by atoms with Crippen LogP contribution in [0.4, 0.5) is 0 Å². The number of furan rings is 1. The summed E-state index contributed by atoms with van der Waals surface area (Å²) in [5.41, 5.74) is 0. The first-order valence-corrected chi connectivity index (χ1v) is 8.63. The Balaban J connectivity index is 1.40. The van der Waals surface area contributed by atoms with Gasteiger partial charge in [0.15, 0.2) is 0 Å². The summed E-state index contributed by atoms with van der Waals surface area (Å²) in [6.07, 6.45) is 7.27. The fourth-order valence-corrected chi connectivity index (χ4v) is 3.53.